The zero-order valence-corrected chi connectivity index (χ0v) is 15.3. The normalized spacial score (nSPS) is 11.4. The topological polar surface area (TPSA) is 76.3 Å². The number of anilines is 1. The average Bonchev–Trinajstić information content (AvgIpc) is 3.06. The Kier molecular flexibility index (Phi) is 4.84. The predicted molar refractivity (Wildman–Crippen MR) is 105 cm³/mol. The Morgan fingerprint density at radius 1 is 1.11 bits per heavy atom. The zero-order chi connectivity index (χ0) is 18.6. The number of hydrogen-bond donors (Lipinski definition) is 1. The lowest BCUT2D eigenvalue weighted by molar-refractivity contribution is 0.253. The number of furan rings is 1. The van der Waals surface area contributed by atoms with Crippen LogP contribution in [0.25, 0.3) is 22.1 Å². The lowest BCUT2D eigenvalue weighted by Crippen LogP contribution is -2.19. The summed E-state index contributed by atoms with van der Waals surface area (Å²) in [6, 6.07) is 11.7. The highest BCUT2D eigenvalue weighted by atomic mass is 16.5. The quantitative estimate of drug-likeness (QED) is 0.540. The van der Waals surface area contributed by atoms with Gasteiger partial charge in [-0.2, -0.15) is 0 Å². The first-order valence-corrected chi connectivity index (χ1v) is 8.79. The summed E-state index contributed by atoms with van der Waals surface area (Å²) >= 11 is 0. The molecule has 0 aliphatic carbocycles. The second-order valence-electron chi connectivity index (χ2n) is 6.51. The summed E-state index contributed by atoms with van der Waals surface area (Å²) in [5, 5.41) is 4.31. The molecule has 0 fully saturated rings. The molecular weight excluding hydrogens is 342 g/mol. The zero-order valence-electron chi connectivity index (χ0n) is 15.3. The number of fused-ring (bicyclic) bond motifs is 3. The van der Waals surface area contributed by atoms with E-state index in [2.05, 4.69) is 25.2 Å². The number of nitrogens with one attached hydrogen (secondary N) is 1. The first kappa shape index (κ1) is 17.2. The number of pyridine rings is 1. The van der Waals surface area contributed by atoms with Gasteiger partial charge in [0.15, 0.2) is 11.4 Å². The van der Waals surface area contributed by atoms with E-state index in [1.54, 1.807) is 12.5 Å². The van der Waals surface area contributed by atoms with E-state index in [9.17, 15) is 0 Å². The molecule has 0 amide bonds. The number of aromatic nitrogens is 3. The van der Waals surface area contributed by atoms with Gasteiger partial charge < -0.3 is 19.4 Å². The van der Waals surface area contributed by atoms with Gasteiger partial charge in [-0.3, -0.25) is 0 Å². The molecule has 138 valence electrons. The number of rotatable bonds is 7. The molecule has 3 heterocycles. The van der Waals surface area contributed by atoms with Gasteiger partial charge in [0.25, 0.3) is 0 Å². The van der Waals surface area contributed by atoms with Gasteiger partial charge >= 0.3 is 0 Å². The monoisotopic (exact) mass is 363 g/mol. The maximum Gasteiger partial charge on any atom is 0.213 e. The summed E-state index contributed by atoms with van der Waals surface area (Å²) in [6.45, 7) is 2.02. The smallest absolute Gasteiger partial charge is 0.213 e. The molecule has 7 nitrogen and oxygen atoms in total. The molecule has 0 saturated heterocycles. The molecule has 0 atom stereocenters. The fourth-order valence-electron chi connectivity index (χ4n) is 2.81. The Morgan fingerprint density at radius 2 is 2.00 bits per heavy atom. The second kappa shape index (κ2) is 7.59. The van der Waals surface area contributed by atoms with E-state index in [1.807, 2.05) is 50.5 Å². The molecule has 3 aromatic heterocycles. The summed E-state index contributed by atoms with van der Waals surface area (Å²) in [5.74, 6) is 1.29. The second-order valence-corrected chi connectivity index (χ2v) is 6.51. The van der Waals surface area contributed by atoms with Crippen molar-refractivity contribution in [2.75, 3.05) is 32.6 Å². The van der Waals surface area contributed by atoms with Crippen molar-refractivity contribution in [3.63, 3.8) is 0 Å². The van der Waals surface area contributed by atoms with Crippen LogP contribution < -0.4 is 10.1 Å². The van der Waals surface area contributed by atoms with Crippen molar-refractivity contribution < 1.29 is 9.15 Å². The van der Waals surface area contributed by atoms with Gasteiger partial charge in [-0.25, -0.2) is 15.0 Å². The van der Waals surface area contributed by atoms with Crippen molar-refractivity contribution >= 4 is 27.9 Å². The lowest BCUT2D eigenvalue weighted by atomic mass is 10.2. The van der Waals surface area contributed by atoms with Crippen molar-refractivity contribution in [3.8, 4) is 5.88 Å². The van der Waals surface area contributed by atoms with E-state index in [0.717, 1.165) is 28.6 Å². The number of ether oxygens (including phenoxy) is 1. The van der Waals surface area contributed by atoms with Crippen molar-refractivity contribution in [1.82, 2.24) is 19.9 Å². The molecule has 27 heavy (non-hydrogen) atoms. The summed E-state index contributed by atoms with van der Waals surface area (Å²) in [5.41, 5.74) is 3.32. The molecule has 7 heteroatoms. The third-order valence-electron chi connectivity index (χ3n) is 4.21. The van der Waals surface area contributed by atoms with E-state index < -0.39 is 0 Å². The van der Waals surface area contributed by atoms with E-state index in [-0.39, 0.29) is 0 Å². The van der Waals surface area contributed by atoms with Crippen molar-refractivity contribution in [2.45, 2.75) is 6.54 Å². The predicted octanol–water partition coefficient (Wildman–Crippen LogP) is 3.32. The Morgan fingerprint density at radius 3 is 2.89 bits per heavy atom. The highest BCUT2D eigenvalue weighted by molar-refractivity contribution is 6.05. The van der Waals surface area contributed by atoms with E-state index in [0.29, 0.717) is 30.4 Å². The number of para-hydroxylation sites is 1. The number of hydrogen-bond acceptors (Lipinski definition) is 7. The summed E-state index contributed by atoms with van der Waals surface area (Å²) in [7, 11) is 4.02. The third kappa shape index (κ3) is 3.83. The minimum absolute atomic E-state index is 0.579. The number of nitrogens with zero attached hydrogens (tertiary/aromatic N) is 4. The van der Waals surface area contributed by atoms with Gasteiger partial charge in [0.05, 0.1) is 0 Å². The van der Waals surface area contributed by atoms with E-state index in [1.165, 1.54) is 0 Å². The van der Waals surface area contributed by atoms with Crippen LogP contribution >= 0.6 is 0 Å². The van der Waals surface area contributed by atoms with Gasteiger partial charge in [-0.15, -0.1) is 0 Å². The van der Waals surface area contributed by atoms with Gasteiger partial charge in [-0.1, -0.05) is 12.1 Å². The minimum atomic E-state index is 0.579. The third-order valence-corrected chi connectivity index (χ3v) is 4.21. The van der Waals surface area contributed by atoms with Gasteiger partial charge in [-0.05, 0) is 37.9 Å². The number of likely N-dealkylation sites (N-methyl/N-ethyl adjacent to an activating group) is 1. The van der Waals surface area contributed by atoms with Crippen molar-refractivity contribution in [3.05, 3.63) is 54.5 Å². The molecule has 4 aromatic rings. The highest BCUT2D eigenvalue weighted by Crippen LogP contribution is 2.30. The van der Waals surface area contributed by atoms with Crippen LogP contribution in [0.2, 0.25) is 0 Å². The summed E-state index contributed by atoms with van der Waals surface area (Å²) in [4.78, 5) is 15.0. The van der Waals surface area contributed by atoms with Crippen LogP contribution in [0.15, 0.2) is 53.3 Å². The number of benzene rings is 1. The molecule has 0 saturated carbocycles. The van der Waals surface area contributed by atoms with Crippen molar-refractivity contribution in [1.29, 1.82) is 0 Å². The van der Waals surface area contributed by atoms with Crippen LogP contribution in [0.5, 0.6) is 5.88 Å². The summed E-state index contributed by atoms with van der Waals surface area (Å²) < 4.78 is 11.6. The molecule has 0 aliphatic rings. The van der Waals surface area contributed by atoms with Gasteiger partial charge in [0.1, 0.15) is 24.0 Å². The molecule has 1 N–H and O–H groups in total. The largest absolute Gasteiger partial charge is 0.476 e. The molecule has 0 radical (unpaired) electrons. The van der Waals surface area contributed by atoms with E-state index >= 15 is 0 Å². The maximum atomic E-state index is 5.94. The molecule has 0 unspecified atom stereocenters. The Labute approximate surface area is 157 Å². The average molecular weight is 363 g/mol. The lowest BCUT2D eigenvalue weighted by Gasteiger charge is -2.11. The van der Waals surface area contributed by atoms with Crippen LogP contribution in [0.1, 0.15) is 5.56 Å². The molecule has 0 aliphatic heterocycles. The fourth-order valence-corrected chi connectivity index (χ4v) is 2.81. The standard InChI is InChI=1S/C20H21N5O2/c1-25(2)9-10-26-17-11-14(7-8-21-17)12-22-20-19-18(23-13-24-20)15-5-3-4-6-16(15)27-19/h3-8,11,13H,9-10,12H2,1-2H3,(H,22,23,24). The molecular formula is C20H21N5O2. The van der Waals surface area contributed by atoms with Crippen LogP contribution in [-0.4, -0.2) is 47.1 Å². The Balaban J connectivity index is 1.50. The Hall–Kier alpha value is -3.19. The first-order chi connectivity index (χ1) is 13.2. The SMILES string of the molecule is CN(C)CCOc1cc(CNc2ncnc3c2oc2ccccc23)ccn1. The van der Waals surface area contributed by atoms with Gasteiger partial charge in [0.2, 0.25) is 5.88 Å². The maximum absolute atomic E-state index is 5.94. The van der Waals surface area contributed by atoms with Crippen LogP contribution in [0, 0.1) is 0 Å². The molecule has 0 bridgehead atoms. The van der Waals surface area contributed by atoms with E-state index in [4.69, 9.17) is 9.15 Å². The van der Waals surface area contributed by atoms with Crippen LogP contribution in [0.4, 0.5) is 5.82 Å². The van der Waals surface area contributed by atoms with Crippen molar-refractivity contribution in [2.24, 2.45) is 0 Å². The summed E-state index contributed by atoms with van der Waals surface area (Å²) in [6.07, 6.45) is 3.30. The highest BCUT2D eigenvalue weighted by Gasteiger charge is 2.12. The molecule has 4 rings (SSSR count). The molecule has 1 aromatic carbocycles. The van der Waals surface area contributed by atoms with Gasteiger partial charge in [0, 0.05) is 30.7 Å². The molecule has 0 spiro atoms. The first-order valence-electron chi connectivity index (χ1n) is 8.79. The minimum Gasteiger partial charge on any atom is -0.476 e. The Bertz CT molecular complexity index is 1060. The van der Waals surface area contributed by atoms with Crippen LogP contribution in [0.3, 0.4) is 0 Å². The van der Waals surface area contributed by atoms with Crippen LogP contribution in [-0.2, 0) is 6.54 Å². The fraction of sp³-hybridized carbons (Fsp3) is 0.250.